The standard InChI is InChI=1S/C24H39NO3.Na/c1-2-3-4-5-6-7-8-9-10-14-19-25-24(28)22(20-23(26)27)18-17-21-15-12-11-13-16-21;/h11-13,15-16,22H,2-10,14,17-20H2,1H3,(H,25,28)(H,26,27);/q;+1/p-1. The second-order valence-corrected chi connectivity index (χ2v) is 7.77. The van der Waals surface area contributed by atoms with Crippen molar-refractivity contribution in [2.24, 2.45) is 5.92 Å². The van der Waals surface area contributed by atoms with Crippen LogP contribution >= 0.6 is 0 Å². The molecule has 4 nitrogen and oxygen atoms in total. The summed E-state index contributed by atoms with van der Waals surface area (Å²) in [5.41, 5.74) is 1.12. The molecule has 1 amide bonds. The van der Waals surface area contributed by atoms with Gasteiger partial charge in [-0.05, 0) is 31.2 Å². The van der Waals surface area contributed by atoms with Gasteiger partial charge < -0.3 is 15.2 Å². The third kappa shape index (κ3) is 15.6. The Labute approximate surface area is 199 Å². The predicted octanol–water partition coefficient (Wildman–Crippen LogP) is 1.42. The van der Waals surface area contributed by atoms with Gasteiger partial charge in [-0.15, -0.1) is 0 Å². The number of carboxylic acids is 1. The topological polar surface area (TPSA) is 69.2 Å². The minimum absolute atomic E-state index is 0. The summed E-state index contributed by atoms with van der Waals surface area (Å²) >= 11 is 0. The summed E-state index contributed by atoms with van der Waals surface area (Å²) in [4.78, 5) is 23.4. The van der Waals surface area contributed by atoms with Crippen molar-refractivity contribution >= 4 is 11.9 Å². The molecule has 0 aliphatic rings. The van der Waals surface area contributed by atoms with Gasteiger partial charge in [0.25, 0.3) is 0 Å². The van der Waals surface area contributed by atoms with E-state index in [2.05, 4.69) is 12.2 Å². The molecule has 0 saturated heterocycles. The van der Waals surface area contributed by atoms with E-state index in [-0.39, 0.29) is 41.9 Å². The first-order valence-electron chi connectivity index (χ1n) is 11.1. The van der Waals surface area contributed by atoms with Crippen LogP contribution in [0.15, 0.2) is 30.3 Å². The number of hydrogen-bond donors (Lipinski definition) is 1. The first kappa shape index (κ1) is 28.2. The molecule has 1 unspecified atom stereocenters. The fraction of sp³-hybridized carbons (Fsp3) is 0.667. The van der Waals surface area contributed by atoms with Crippen LogP contribution in [0.25, 0.3) is 0 Å². The summed E-state index contributed by atoms with van der Waals surface area (Å²) in [6.45, 7) is 2.87. The van der Waals surface area contributed by atoms with E-state index < -0.39 is 11.9 Å². The normalized spacial score (nSPS) is 11.5. The van der Waals surface area contributed by atoms with Crippen molar-refractivity contribution in [3.05, 3.63) is 35.9 Å². The summed E-state index contributed by atoms with van der Waals surface area (Å²) in [6, 6.07) is 9.85. The number of rotatable bonds is 17. The van der Waals surface area contributed by atoms with Crippen LogP contribution in [0.5, 0.6) is 0 Å². The molecule has 0 heterocycles. The number of hydrogen-bond acceptors (Lipinski definition) is 3. The van der Waals surface area contributed by atoms with Gasteiger partial charge in [-0.1, -0.05) is 95.0 Å². The van der Waals surface area contributed by atoms with Crippen molar-refractivity contribution in [1.82, 2.24) is 5.32 Å². The van der Waals surface area contributed by atoms with Crippen LogP contribution in [0.2, 0.25) is 0 Å². The number of unbranched alkanes of at least 4 members (excludes halogenated alkanes) is 9. The molecular weight excluding hydrogens is 373 g/mol. The Hall–Kier alpha value is -0.840. The van der Waals surface area contributed by atoms with Gasteiger partial charge in [-0.2, -0.15) is 0 Å². The first-order chi connectivity index (χ1) is 13.6. The van der Waals surface area contributed by atoms with Crippen molar-refractivity contribution in [2.75, 3.05) is 6.54 Å². The van der Waals surface area contributed by atoms with Crippen LogP contribution in [0, 0.1) is 5.92 Å². The van der Waals surface area contributed by atoms with Crippen LogP contribution in [0.3, 0.4) is 0 Å². The van der Waals surface area contributed by atoms with E-state index in [9.17, 15) is 14.7 Å². The van der Waals surface area contributed by atoms with Gasteiger partial charge in [-0.25, -0.2) is 0 Å². The van der Waals surface area contributed by atoms with E-state index in [4.69, 9.17) is 0 Å². The number of nitrogens with one attached hydrogen (secondary N) is 1. The van der Waals surface area contributed by atoms with Crippen molar-refractivity contribution in [3.63, 3.8) is 0 Å². The van der Waals surface area contributed by atoms with E-state index in [0.717, 1.165) is 18.4 Å². The smallest absolute Gasteiger partial charge is 0.550 e. The van der Waals surface area contributed by atoms with E-state index in [0.29, 0.717) is 19.4 Å². The second-order valence-electron chi connectivity index (χ2n) is 7.77. The molecule has 29 heavy (non-hydrogen) atoms. The zero-order valence-corrected chi connectivity index (χ0v) is 20.6. The predicted molar refractivity (Wildman–Crippen MR) is 113 cm³/mol. The van der Waals surface area contributed by atoms with Crippen LogP contribution in [-0.2, 0) is 16.0 Å². The Balaban J connectivity index is 0.00000784. The summed E-state index contributed by atoms with van der Waals surface area (Å²) in [5, 5.41) is 13.9. The second kappa shape index (κ2) is 19.1. The van der Waals surface area contributed by atoms with Gasteiger partial charge in [-0.3, -0.25) is 4.79 Å². The molecule has 0 aromatic heterocycles. The van der Waals surface area contributed by atoms with Crippen molar-refractivity contribution in [1.29, 1.82) is 0 Å². The van der Waals surface area contributed by atoms with Crippen molar-refractivity contribution in [2.45, 2.75) is 90.4 Å². The molecule has 0 bridgehead atoms. The Bertz CT molecular complexity index is 536. The molecule has 1 rings (SSSR count). The quantitative estimate of drug-likeness (QED) is 0.311. The SMILES string of the molecule is CCCCCCCCCCCCNC(=O)C(CCc1ccccc1)CC(=O)[O-].[Na+]. The first-order valence-corrected chi connectivity index (χ1v) is 11.1. The maximum atomic E-state index is 12.4. The number of benzene rings is 1. The Kier molecular flexibility index (Phi) is 18.6. The molecule has 1 aromatic rings. The molecular formula is C24H38NNaO3. The molecule has 0 fully saturated rings. The third-order valence-electron chi connectivity index (χ3n) is 5.24. The molecule has 1 atom stereocenters. The van der Waals surface area contributed by atoms with Gasteiger partial charge in [0.15, 0.2) is 0 Å². The minimum atomic E-state index is -1.16. The Morgan fingerprint density at radius 2 is 1.45 bits per heavy atom. The van der Waals surface area contributed by atoms with Gasteiger partial charge >= 0.3 is 29.6 Å². The summed E-state index contributed by atoms with van der Waals surface area (Å²) in [7, 11) is 0. The molecule has 0 aliphatic heterocycles. The molecule has 0 spiro atoms. The zero-order valence-electron chi connectivity index (χ0n) is 18.6. The van der Waals surface area contributed by atoms with Crippen LogP contribution in [-0.4, -0.2) is 18.4 Å². The van der Waals surface area contributed by atoms with E-state index >= 15 is 0 Å². The van der Waals surface area contributed by atoms with Gasteiger partial charge in [0.05, 0.1) is 0 Å². The minimum Gasteiger partial charge on any atom is -0.550 e. The fourth-order valence-corrected chi connectivity index (χ4v) is 3.48. The average Bonchev–Trinajstić information content (AvgIpc) is 2.69. The van der Waals surface area contributed by atoms with Crippen molar-refractivity contribution < 1.29 is 44.3 Å². The molecule has 5 heteroatoms. The largest absolute Gasteiger partial charge is 1.00 e. The van der Waals surface area contributed by atoms with E-state index in [1.807, 2.05) is 30.3 Å². The van der Waals surface area contributed by atoms with Crippen LogP contribution in [0.4, 0.5) is 0 Å². The van der Waals surface area contributed by atoms with Gasteiger partial charge in [0, 0.05) is 18.4 Å². The molecule has 1 aromatic carbocycles. The van der Waals surface area contributed by atoms with Crippen molar-refractivity contribution in [3.8, 4) is 0 Å². The van der Waals surface area contributed by atoms with E-state index in [1.165, 1.54) is 51.4 Å². The number of carboxylic acid groups (broad SMARTS) is 1. The zero-order chi connectivity index (χ0) is 20.5. The average molecular weight is 412 g/mol. The molecule has 0 saturated carbocycles. The monoisotopic (exact) mass is 411 g/mol. The Morgan fingerprint density at radius 1 is 0.897 bits per heavy atom. The maximum absolute atomic E-state index is 12.4. The number of carbonyl (C=O) groups excluding carboxylic acids is 2. The Morgan fingerprint density at radius 3 is 2.00 bits per heavy atom. The summed E-state index contributed by atoms with van der Waals surface area (Å²) in [6.07, 6.45) is 13.6. The van der Waals surface area contributed by atoms with Gasteiger partial charge in [0.2, 0.25) is 5.91 Å². The maximum Gasteiger partial charge on any atom is 1.00 e. The number of aryl methyl sites for hydroxylation is 1. The molecule has 0 aliphatic carbocycles. The van der Waals surface area contributed by atoms with Gasteiger partial charge in [0.1, 0.15) is 0 Å². The third-order valence-corrected chi connectivity index (χ3v) is 5.24. The molecule has 158 valence electrons. The molecule has 1 N–H and O–H groups in total. The number of amides is 1. The number of carbonyl (C=O) groups is 2. The number of aliphatic carboxylic acids is 1. The summed E-state index contributed by atoms with van der Waals surface area (Å²) in [5.74, 6) is -1.84. The summed E-state index contributed by atoms with van der Waals surface area (Å²) < 4.78 is 0. The van der Waals surface area contributed by atoms with E-state index in [1.54, 1.807) is 0 Å². The van der Waals surface area contributed by atoms with Crippen LogP contribution < -0.4 is 40.0 Å². The molecule has 0 radical (unpaired) electrons. The van der Waals surface area contributed by atoms with Crippen LogP contribution in [0.1, 0.15) is 89.5 Å². The fourth-order valence-electron chi connectivity index (χ4n) is 3.48.